The Morgan fingerprint density at radius 2 is 1.87 bits per heavy atom. The molecule has 134 valence electrons. The number of rotatable bonds is 10. The zero-order valence-electron chi connectivity index (χ0n) is 14.9. The molecular formula is C16H32IN5S. The maximum Gasteiger partial charge on any atom is 0.191 e. The van der Waals surface area contributed by atoms with Gasteiger partial charge in [-0.1, -0.05) is 19.3 Å². The summed E-state index contributed by atoms with van der Waals surface area (Å²) in [6.07, 6.45) is 8.33. The predicted molar refractivity (Wildman–Crippen MR) is 112 cm³/mol. The Labute approximate surface area is 162 Å². The summed E-state index contributed by atoms with van der Waals surface area (Å²) in [6, 6.07) is 0. The van der Waals surface area contributed by atoms with E-state index in [9.17, 15) is 0 Å². The van der Waals surface area contributed by atoms with E-state index in [1.54, 1.807) is 11.3 Å². The number of guanidine groups is 1. The van der Waals surface area contributed by atoms with Crippen LogP contribution in [-0.2, 0) is 6.54 Å². The van der Waals surface area contributed by atoms with Crippen molar-refractivity contribution in [3.8, 4) is 0 Å². The lowest BCUT2D eigenvalue weighted by Gasteiger charge is -2.11. The number of aliphatic imine (C=N–C) groups is 1. The zero-order valence-corrected chi connectivity index (χ0v) is 18.0. The van der Waals surface area contributed by atoms with Crippen molar-refractivity contribution in [3.05, 3.63) is 16.1 Å². The van der Waals surface area contributed by atoms with Crippen molar-refractivity contribution in [1.29, 1.82) is 0 Å². The third kappa shape index (κ3) is 11.7. The number of halogens is 1. The summed E-state index contributed by atoms with van der Waals surface area (Å²) in [5.41, 5.74) is 0. The average molecular weight is 453 g/mol. The van der Waals surface area contributed by atoms with E-state index in [2.05, 4.69) is 46.5 Å². The van der Waals surface area contributed by atoms with Crippen molar-refractivity contribution in [2.45, 2.75) is 45.6 Å². The minimum atomic E-state index is 0. The lowest BCUT2D eigenvalue weighted by molar-refractivity contribution is 0.389. The average Bonchev–Trinajstić information content (AvgIpc) is 2.90. The molecule has 0 saturated carbocycles. The number of unbranched alkanes of at least 4 members (excludes halogenated alkanes) is 4. The number of nitrogens with zero attached hydrogens (tertiary/aromatic N) is 3. The van der Waals surface area contributed by atoms with Crippen LogP contribution >= 0.6 is 35.3 Å². The molecule has 0 fully saturated rings. The Morgan fingerprint density at radius 1 is 1.17 bits per heavy atom. The molecule has 1 heterocycles. The highest BCUT2D eigenvalue weighted by molar-refractivity contribution is 14.0. The first-order valence-electron chi connectivity index (χ1n) is 8.12. The first kappa shape index (κ1) is 22.6. The van der Waals surface area contributed by atoms with Crippen LogP contribution in [0, 0.1) is 6.92 Å². The summed E-state index contributed by atoms with van der Waals surface area (Å²) in [5.74, 6) is 0.862. The predicted octanol–water partition coefficient (Wildman–Crippen LogP) is 3.25. The first-order chi connectivity index (χ1) is 10.6. The second-order valence-electron chi connectivity index (χ2n) is 5.79. The number of thiazole rings is 1. The van der Waals surface area contributed by atoms with Crippen LogP contribution in [0.1, 0.15) is 42.0 Å². The van der Waals surface area contributed by atoms with E-state index >= 15 is 0 Å². The van der Waals surface area contributed by atoms with Crippen LogP contribution in [0.15, 0.2) is 11.2 Å². The van der Waals surface area contributed by atoms with Gasteiger partial charge >= 0.3 is 0 Å². The summed E-state index contributed by atoms with van der Waals surface area (Å²) in [6.45, 7) is 4.99. The summed E-state index contributed by atoms with van der Waals surface area (Å²) >= 11 is 1.72. The Hall–Kier alpha value is -0.410. The van der Waals surface area contributed by atoms with E-state index in [0.29, 0.717) is 0 Å². The standard InChI is InChI=1S/C16H31N5S.HI/c1-14-12-19-15(22-14)13-20-16(17-2)18-10-8-6-5-7-9-11-21(3)4;/h12H,5-11,13H2,1-4H3,(H2,17,18,20);1H. The van der Waals surface area contributed by atoms with Crippen molar-refractivity contribution < 1.29 is 0 Å². The highest BCUT2D eigenvalue weighted by Gasteiger charge is 2.01. The van der Waals surface area contributed by atoms with Crippen molar-refractivity contribution in [3.63, 3.8) is 0 Å². The van der Waals surface area contributed by atoms with Gasteiger partial charge in [0.25, 0.3) is 0 Å². The largest absolute Gasteiger partial charge is 0.356 e. The van der Waals surface area contributed by atoms with Gasteiger partial charge in [-0.2, -0.15) is 0 Å². The summed E-state index contributed by atoms with van der Waals surface area (Å²) in [7, 11) is 6.08. The van der Waals surface area contributed by atoms with Gasteiger partial charge in [-0.25, -0.2) is 4.98 Å². The van der Waals surface area contributed by atoms with Crippen molar-refractivity contribution in [2.24, 2.45) is 4.99 Å². The van der Waals surface area contributed by atoms with E-state index in [1.807, 2.05) is 13.2 Å². The molecule has 1 rings (SSSR count). The second kappa shape index (κ2) is 14.0. The summed E-state index contributed by atoms with van der Waals surface area (Å²) in [5, 5.41) is 7.77. The minimum Gasteiger partial charge on any atom is -0.356 e. The van der Waals surface area contributed by atoms with Crippen LogP contribution in [0.4, 0.5) is 0 Å². The molecule has 5 nitrogen and oxygen atoms in total. The Bertz CT molecular complexity index is 434. The van der Waals surface area contributed by atoms with Gasteiger partial charge in [-0.3, -0.25) is 4.99 Å². The van der Waals surface area contributed by atoms with Gasteiger partial charge in [0.15, 0.2) is 5.96 Å². The topological polar surface area (TPSA) is 52.6 Å². The molecule has 0 unspecified atom stereocenters. The number of hydrogen-bond donors (Lipinski definition) is 2. The molecule has 0 aliphatic carbocycles. The number of aryl methyl sites for hydroxylation is 1. The Morgan fingerprint density at radius 3 is 2.48 bits per heavy atom. The minimum absolute atomic E-state index is 0. The molecule has 0 bridgehead atoms. The Kier molecular flexibility index (Phi) is 13.7. The Balaban J connectivity index is 0.00000484. The van der Waals surface area contributed by atoms with E-state index in [1.165, 1.54) is 43.5 Å². The van der Waals surface area contributed by atoms with E-state index in [-0.39, 0.29) is 24.0 Å². The normalized spacial score (nSPS) is 11.4. The molecule has 0 aliphatic heterocycles. The fraction of sp³-hybridized carbons (Fsp3) is 0.750. The number of hydrogen-bond acceptors (Lipinski definition) is 4. The third-order valence-electron chi connectivity index (χ3n) is 3.37. The molecule has 7 heteroatoms. The van der Waals surface area contributed by atoms with Crippen LogP contribution < -0.4 is 10.6 Å². The fourth-order valence-electron chi connectivity index (χ4n) is 2.15. The molecule has 0 saturated heterocycles. The lowest BCUT2D eigenvalue weighted by atomic mass is 10.1. The van der Waals surface area contributed by atoms with Gasteiger partial charge in [-0.15, -0.1) is 35.3 Å². The van der Waals surface area contributed by atoms with Gasteiger partial charge in [0.2, 0.25) is 0 Å². The molecule has 0 atom stereocenters. The molecule has 2 N–H and O–H groups in total. The molecule has 0 aliphatic rings. The van der Waals surface area contributed by atoms with Crippen LogP contribution in [-0.4, -0.2) is 50.1 Å². The van der Waals surface area contributed by atoms with Crippen LogP contribution in [0.25, 0.3) is 0 Å². The van der Waals surface area contributed by atoms with E-state index < -0.39 is 0 Å². The molecule has 0 amide bonds. The highest BCUT2D eigenvalue weighted by atomic mass is 127. The van der Waals surface area contributed by atoms with Crippen LogP contribution in [0.3, 0.4) is 0 Å². The quantitative estimate of drug-likeness (QED) is 0.247. The molecule has 23 heavy (non-hydrogen) atoms. The van der Waals surface area contributed by atoms with Gasteiger partial charge < -0.3 is 15.5 Å². The SMILES string of the molecule is CN=C(NCCCCCCCN(C)C)NCc1ncc(C)s1.I. The van der Waals surface area contributed by atoms with Crippen molar-refractivity contribution in [2.75, 3.05) is 34.2 Å². The first-order valence-corrected chi connectivity index (χ1v) is 8.94. The molecular weight excluding hydrogens is 421 g/mol. The molecule has 0 spiro atoms. The van der Waals surface area contributed by atoms with Crippen molar-refractivity contribution >= 4 is 41.3 Å². The third-order valence-corrected chi connectivity index (χ3v) is 4.29. The summed E-state index contributed by atoms with van der Waals surface area (Å²) in [4.78, 5) is 12.1. The monoisotopic (exact) mass is 453 g/mol. The highest BCUT2D eigenvalue weighted by Crippen LogP contribution is 2.10. The zero-order chi connectivity index (χ0) is 16.2. The smallest absolute Gasteiger partial charge is 0.191 e. The van der Waals surface area contributed by atoms with E-state index in [0.717, 1.165) is 24.1 Å². The molecule has 0 aromatic carbocycles. The van der Waals surface area contributed by atoms with Gasteiger partial charge in [0.05, 0.1) is 6.54 Å². The molecule has 0 radical (unpaired) electrons. The fourth-order valence-corrected chi connectivity index (χ4v) is 2.88. The van der Waals surface area contributed by atoms with Crippen molar-refractivity contribution in [1.82, 2.24) is 20.5 Å². The summed E-state index contributed by atoms with van der Waals surface area (Å²) < 4.78 is 0. The van der Waals surface area contributed by atoms with Gasteiger partial charge in [0.1, 0.15) is 5.01 Å². The molecule has 1 aromatic heterocycles. The maximum atomic E-state index is 4.34. The van der Waals surface area contributed by atoms with Crippen LogP contribution in [0.2, 0.25) is 0 Å². The van der Waals surface area contributed by atoms with Crippen LogP contribution in [0.5, 0.6) is 0 Å². The lowest BCUT2D eigenvalue weighted by Crippen LogP contribution is -2.37. The molecule has 1 aromatic rings. The number of nitrogens with one attached hydrogen (secondary N) is 2. The maximum absolute atomic E-state index is 4.34. The number of aromatic nitrogens is 1. The van der Waals surface area contributed by atoms with E-state index in [4.69, 9.17) is 0 Å². The second-order valence-corrected chi connectivity index (χ2v) is 7.11. The van der Waals surface area contributed by atoms with Gasteiger partial charge in [-0.05, 0) is 40.4 Å². The van der Waals surface area contributed by atoms with Gasteiger partial charge in [0, 0.05) is 24.7 Å².